The van der Waals surface area contributed by atoms with Crippen molar-refractivity contribution in [2.45, 2.75) is 38.6 Å². The molecular weight excluding hydrogens is 447 g/mol. The Morgan fingerprint density at radius 3 is 2.34 bits per heavy atom. The maximum absolute atomic E-state index is 13.7. The summed E-state index contributed by atoms with van der Waals surface area (Å²) in [5.41, 5.74) is 0.541. The average Bonchev–Trinajstić information content (AvgIpc) is 3.14. The molecule has 8 heteroatoms. The molecule has 0 aliphatic carbocycles. The average molecular weight is 481 g/mol. The molecule has 0 saturated carbocycles. The van der Waals surface area contributed by atoms with Gasteiger partial charge in [-0.05, 0) is 55.2 Å². The molecule has 0 aromatic heterocycles. The summed E-state index contributed by atoms with van der Waals surface area (Å²) in [5.74, 6) is -0.412. The fraction of sp³-hybridized carbons (Fsp3) is 0.444. The zero-order valence-corrected chi connectivity index (χ0v) is 20.4. The molecule has 0 radical (unpaired) electrons. The largest absolute Gasteiger partial charge is 0.354 e. The van der Waals surface area contributed by atoms with Crippen LogP contribution < -0.4 is 10.2 Å². The van der Waals surface area contributed by atoms with Crippen molar-refractivity contribution in [2.75, 3.05) is 37.7 Å². The number of carbonyl (C=O) groups is 3. The fourth-order valence-corrected chi connectivity index (χ4v) is 4.84. The van der Waals surface area contributed by atoms with Gasteiger partial charge in [-0.2, -0.15) is 0 Å². The molecule has 2 fully saturated rings. The predicted molar refractivity (Wildman–Crippen MR) is 132 cm³/mol. The van der Waals surface area contributed by atoms with E-state index in [0.29, 0.717) is 50.6 Å². The second-order valence-corrected chi connectivity index (χ2v) is 9.56. The summed E-state index contributed by atoms with van der Waals surface area (Å²) in [6, 6.07) is 15.3. The van der Waals surface area contributed by atoms with Gasteiger partial charge in [-0.15, -0.1) is 0 Å². The van der Waals surface area contributed by atoms with Crippen molar-refractivity contribution in [3.8, 4) is 0 Å². The quantitative estimate of drug-likeness (QED) is 0.660. The van der Waals surface area contributed by atoms with Gasteiger partial charge in [0.05, 0.1) is 6.67 Å². The van der Waals surface area contributed by atoms with Crippen molar-refractivity contribution in [3.05, 3.63) is 66.0 Å². The molecule has 2 aromatic rings. The first kappa shape index (κ1) is 24.7. The highest BCUT2D eigenvalue weighted by Gasteiger charge is 2.54. The molecule has 2 aromatic carbocycles. The van der Waals surface area contributed by atoms with E-state index in [1.54, 1.807) is 9.80 Å². The van der Waals surface area contributed by atoms with Crippen LogP contribution in [0.25, 0.3) is 0 Å². The molecule has 1 spiro atoms. The molecule has 186 valence electrons. The van der Waals surface area contributed by atoms with Crippen molar-refractivity contribution in [2.24, 2.45) is 5.92 Å². The van der Waals surface area contributed by atoms with Gasteiger partial charge in [0.15, 0.2) is 0 Å². The van der Waals surface area contributed by atoms with Gasteiger partial charge in [0.1, 0.15) is 17.9 Å². The van der Waals surface area contributed by atoms with E-state index in [0.717, 1.165) is 12.1 Å². The highest BCUT2D eigenvalue weighted by molar-refractivity contribution is 5.97. The number of hydrogen-bond acceptors (Lipinski definition) is 4. The lowest BCUT2D eigenvalue weighted by molar-refractivity contribution is -0.137. The first-order chi connectivity index (χ1) is 16.8. The zero-order valence-electron chi connectivity index (χ0n) is 20.4. The normalized spacial score (nSPS) is 18.1. The summed E-state index contributed by atoms with van der Waals surface area (Å²) in [4.78, 5) is 44.7. The van der Waals surface area contributed by atoms with E-state index >= 15 is 0 Å². The van der Waals surface area contributed by atoms with Gasteiger partial charge in [-0.1, -0.05) is 38.5 Å². The molecule has 3 amide bonds. The number of amides is 3. The van der Waals surface area contributed by atoms with Gasteiger partial charge in [0.25, 0.3) is 11.8 Å². The van der Waals surface area contributed by atoms with Crippen molar-refractivity contribution in [3.63, 3.8) is 0 Å². The first-order valence-electron chi connectivity index (χ1n) is 12.3. The number of hydrogen-bond donors (Lipinski definition) is 1. The number of rotatable bonds is 7. The van der Waals surface area contributed by atoms with Gasteiger partial charge < -0.3 is 20.0 Å². The van der Waals surface area contributed by atoms with Gasteiger partial charge in [-0.3, -0.25) is 14.4 Å². The summed E-state index contributed by atoms with van der Waals surface area (Å²) in [7, 11) is 0. The zero-order chi connectivity index (χ0) is 25.0. The molecule has 7 nitrogen and oxygen atoms in total. The molecule has 2 saturated heterocycles. The van der Waals surface area contributed by atoms with E-state index in [4.69, 9.17) is 0 Å². The highest BCUT2D eigenvalue weighted by Crippen LogP contribution is 2.39. The number of nitrogens with one attached hydrogen (secondary N) is 1. The standard InChI is InChI=1S/C27H33FN4O3/c1-3-20(2)17-29-24(33)18-31-19-32(23-7-5-4-6-8-23)27(26(31)35)13-15-30(16-14-27)25(34)21-9-11-22(28)12-10-21/h4-12,20H,3,13-19H2,1-2H3,(H,29,33). The molecule has 2 aliphatic rings. The third-order valence-corrected chi connectivity index (χ3v) is 7.23. The summed E-state index contributed by atoms with van der Waals surface area (Å²) in [6.45, 7) is 5.89. The van der Waals surface area contributed by atoms with Crippen LogP contribution in [0.3, 0.4) is 0 Å². The number of nitrogens with zero attached hydrogens (tertiary/aromatic N) is 3. The van der Waals surface area contributed by atoms with Crippen LogP contribution in [0, 0.1) is 11.7 Å². The number of carbonyl (C=O) groups excluding carboxylic acids is 3. The Bertz CT molecular complexity index is 1050. The second-order valence-electron chi connectivity index (χ2n) is 9.56. The summed E-state index contributed by atoms with van der Waals surface area (Å²) < 4.78 is 13.3. The van der Waals surface area contributed by atoms with E-state index in [1.165, 1.54) is 24.3 Å². The van der Waals surface area contributed by atoms with E-state index < -0.39 is 5.54 Å². The maximum atomic E-state index is 13.7. The summed E-state index contributed by atoms with van der Waals surface area (Å²) in [5, 5.41) is 2.94. The maximum Gasteiger partial charge on any atom is 0.253 e. The first-order valence-corrected chi connectivity index (χ1v) is 12.3. The molecule has 1 N–H and O–H groups in total. The minimum atomic E-state index is -0.808. The molecule has 35 heavy (non-hydrogen) atoms. The molecule has 0 bridgehead atoms. The van der Waals surface area contributed by atoms with Crippen LogP contribution in [0.15, 0.2) is 54.6 Å². The van der Waals surface area contributed by atoms with Crippen LogP contribution in [0.1, 0.15) is 43.5 Å². The smallest absolute Gasteiger partial charge is 0.253 e. The lowest BCUT2D eigenvalue weighted by atomic mass is 9.85. The number of halogens is 1. The van der Waals surface area contributed by atoms with E-state index in [-0.39, 0.29) is 30.1 Å². The van der Waals surface area contributed by atoms with Crippen LogP contribution in [-0.4, -0.2) is 65.9 Å². The number of anilines is 1. The number of piperidine rings is 1. The lowest BCUT2D eigenvalue weighted by Crippen LogP contribution is -2.57. The minimum Gasteiger partial charge on any atom is -0.354 e. The fourth-order valence-electron chi connectivity index (χ4n) is 4.84. The highest BCUT2D eigenvalue weighted by atomic mass is 19.1. The van der Waals surface area contributed by atoms with E-state index in [2.05, 4.69) is 24.1 Å². The van der Waals surface area contributed by atoms with Crippen LogP contribution in [-0.2, 0) is 9.59 Å². The minimum absolute atomic E-state index is 0.0125. The Balaban J connectivity index is 1.50. The molecule has 1 unspecified atom stereocenters. The molecule has 2 aliphatic heterocycles. The van der Waals surface area contributed by atoms with Gasteiger partial charge in [0.2, 0.25) is 5.91 Å². The van der Waals surface area contributed by atoms with Crippen molar-refractivity contribution in [1.29, 1.82) is 0 Å². The molecule has 2 heterocycles. The molecule has 1 atom stereocenters. The van der Waals surface area contributed by atoms with Crippen molar-refractivity contribution in [1.82, 2.24) is 15.1 Å². The number of likely N-dealkylation sites (tertiary alicyclic amines) is 1. The van der Waals surface area contributed by atoms with Crippen molar-refractivity contribution >= 4 is 23.4 Å². The Kier molecular flexibility index (Phi) is 7.38. The second kappa shape index (κ2) is 10.5. The molecule has 4 rings (SSSR count). The van der Waals surface area contributed by atoms with E-state index in [1.807, 2.05) is 30.3 Å². The third kappa shape index (κ3) is 5.16. The topological polar surface area (TPSA) is 73.0 Å². The third-order valence-electron chi connectivity index (χ3n) is 7.23. The van der Waals surface area contributed by atoms with Crippen LogP contribution in [0.2, 0.25) is 0 Å². The Morgan fingerprint density at radius 2 is 1.71 bits per heavy atom. The van der Waals surface area contributed by atoms with Crippen molar-refractivity contribution < 1.29 is 18.8 Å². The molecular formula is C27H33FN4O3. The number of benzene rings is 2. The summed E-state index contributed by atoms with van der Waals surface area (Å²) >= 11 is 0. The van der Waals surface area contributed by atoms with E-state index in [9.17, 15) is 18.8 Å². The SMILES string of the molecule is CCC(C)CNC(=O)CN1CN(c2ccccc2)C2(CCN(C(=O)c3ccc(F)cc3)CC2)C1=O. The lowest BCUT2D eigenvalue weighted by Gasteiger charge is -2.43. The Morgan fingerprint density at radius 1 is 1.06 bits per heavy atom. The Hall–Kier alpha value is -3.42. The van der Waals surface area contributed by atoms with Gasteiger partial charge in [-0.25, -0.2) is 4.39 Å². The monoisotopic (exact) mass is 480 g/mol. The number of para-hydroxylation sites is 1. The van der Waals surface area contributed by atoms with Crippen LogP contribution in [0.5, 0.6) is 0 Å². The van der Waals surface area contributed by atoms with Crippen LogP contribution >= 0.6 is 0 Å². The summed E-state index contributed by atoms with van der Waals surface area (Å²) in [6.07, 6.45) is 1.89. The predicted octanol–water partition coefficient (Wildman–Crippen LogP) is 3.27. The van der Waals surface area contributed by atoms with Gasteiger partial charge >= 0.3 is 0 Å². The van der Waals surface area contributed by atoms with Gasteiger partial charge in [0, 0.05) is 30.9 Å². The van der Waals surface area contributed by atoms with Crippen LogP contribution in [0.4, 0.5) is 10.1 Å². The Labute approximate surface area is 205 Å².